The van der Waals surface area contributed by atoms with Crippen LogP contribution in [0.3, 0.4) is 0 Å². The van der Waals surface area contributed by atoms with E-state index in [-0.39, 0.29) is 5.82 Å². The first-order valence-electron chi connectivity index (χ1n) is 10.1. The van der Waals surface area contributed by atoms with E-state index in [0.717, 1.165) is 11.5 Å². The second-order valence-corrected chi connectivity index (χ2v) is 7.68. The molecule has 3 rings (SSSR count). The summed E-state index contributed by atoms with van der Waals surface area (Å²) in [5.41, 5.74) is 2.98. The summed E-state index contributed by atoms with van der Waals surface area (Å²) in [4.78, 5) is 0. The number of ether oxygens (including phenoxy) is 1. The van der Waals surface area contributed by atoms with Crippen molar-refractivity contribution in [3.8, 4) is 16.9 Å². The lowest BCUT2D eigenvalue weighted by Gasteiger charge is -2.29. The molecule has 26 heavy (non-hydrogen) atoms. The van der Waals surface area contributed by atoms with Crippen LogP contribution in [0.1, 0.15) is 69.8 Å². The van der Waals surface area contributed by atoms with Crippen LogP contribution >= 0.6 is 0 Å². The van der Waals surface area contributed by atoms with Crippen LogP contribution in [0.15, 0.2) is 42.5 Å². The van der Waals surface area contributed by atoms with Gasteiger partial charge in [0.1, 0.15) is 11.6 Å². The van der Waals surface area contributed by atoms with Gasteiger partial charge in [0.2, 0.25) is 0 Å². The average Bonchev–Trinajstić information content (AvgIpc) is 2.69. The fourth-order valence-corrected chi connectivity index (χ4v) is 4.26. The lowest BCUT2D eigenvalue weighted by Crippen LogP contribution is -2.13. The monoisotopic (exact) mass is 354 g/mol. The summed E-state index contributed by atoms with van der Waals surface area (Å²) >= 11 is 0. The molecule has 2 heteroatoms. The zero-order valence-electron chi connectivity index (χ0n) is 16.1. The van der Waals surface area contributed by atoms with Crippen LogP contribution < -0.4 is 4.74 Å². The van der Waals surface area contributed by atoms with Crippen molar-refractivity contribution in [1.82, 2.24) is 0 Å². The summed E-state index contributed by atoms with van der Waals surface area (Å²) in [5, 5.41) is 0. The molecule has 1 saturated carbocycles. The lowest BCUT2D eigenvalue weighted by atomic mass is 9.77. The molecule has 0 heterocycles. The standard InChI is InChI=1S/C24H31FO/c1-3-4-5-6-18-7-9-19(10-8-18)20-11-13-21(14-12-20)23-16-15-22(26-2)17-24(23)25/h11-19H,3-10H2,1-2H3. The molecule has 140 valence electrons. The summed E-state index contributed by atoms with van der Waals surface area (Å²) in [6, 6.07) is 13.6. The Labute approximate surface area is 157 Å². The molecule has 0 saturated heterocycles. The smallest absolute Gasteiger partial charge is 0.134 e. The number of unbranched alkanes of at least 4 members (excludes halogenated alkanes) is 2. The zero-order chi connectivity index (χ0) is 18.4. The molecule has 0 aromatic heterocycles. The summed E-state index contributed by atoms with van der Waals surface area (Å²) in [6.45, 7) is 2.28. The van der Waals surface area contributed by atoms with Crippen molar-refractivity contribution in [2.75, 3.05) is 7.11 Å². The molecule has 2 aromatic carbocycles. The highest BCUT2D eigenvalue weighted by Crippen LogP contribution is 2.38. The molecule has 2 aromatic rings. The van der Waals surface area contributed by atoms with Gasteiger partial charge >= 0.3 is 0 Å². The molecule has 1 aliphatic carbocycles. The first-order chi connectivity index (χ1) is 12.7. The van der Waals surface area contributed by atoms with E-state index in [9.17, 15) is 4.39 Å². The van der Waals surface area contributed by atoms with Crippen molar-refractivity contribution < 1.29 is 9.13 Å². The normalized spacial score (nSPS) is 20.1. The second kappa shape index (κ2) is 9.21. The number of benzene rings is 2. The fourth-order valence-electron chi connectivity index (χ4n) is 4.26. The van der Waals surface area contributed by atoms with Crippen LogP contribution in [0.2, 0.25) is 0 Å². The lowest BCUT2D eigenvalue weighted by molar-refractivity contribution is 0.303. The van der Waals surface area contributed by atoms with Crippen LogP contribution in [0.5, 0.6) is 5.75 Å². The number of methoxy groups -OCH3 is 1. The van der Waals surface area contributed by atoms with Crippen molar-refractivity contribution in [1.29, 1.82) is 0 Å². The maximum atomic E-state index is 14.3. The van der Waals surface area contributed by atoms with E-state index in [1.165, 1.54) is 63.0 Å². The molecule has 1 aliphatic rings. The van der Waals surface area contributed by atoms with E-state index in [1.54, 1.807) is 13.2 Å². The van der Waals surface area contributed by atoms with Gasteiger partial charge in [0.25, 0.3) is 0 Å². The summed E-state index contributed by atoms with van der Waals surface area (Å²) in [7, 11) is 1.56. The Balaban J connectivity index is 1.60. The van der Waals surface area contributed by atoms with Gasteiger partial charge in [-0.3, -0.25) is 0 Å². The van der Waals surface area contributed by atoms with Crippen molar-refractivity contribution in [2.24, 2.45) is 5.92 Å². The first-order valence-corrected chi connectivity index (χ1v) is 10.1. The molecule has 0 amide bonds. The van der Waals surface area contributed by atoms with Gasteiger partial charge in [-0.25, -0.2) is 4.39 Å². The zero-order valence-corrected chi connectivity index (χ0v) is 16.1. The molecular weight excluding hydrogens is 323 g/mol. The highest BCUT2D eigenvalue weighted by Gasteiger charge is 2.22. The number of rotatable bonds is 7. The van der Waals surface area contributed by atoms with Crippen molar-refractivity contribution in [3.63, 3.8) is 0 Å². The van der Waals surface area contributed by atoms with Gasteiger partial charge in [-0.15, -0.1) is 0 Å². The fraction of sp³-hybridized carbons (Fsp3) is 0.500. The maximum Gasteiger partial charge on any atom is 0.134 e. The highest BCUT2D eigenvalue weighted by molar-refractivity contribution is 5.65. The first kappa shape index (κ1) is 18.9. The van der Waals surface area contributed by atoms with Gasteiger partial charge in [-0.05, 0) is 60.8 Å². The second-order valence-electron chi connectivity index (χ2n) is 7.68. The number of halogens is 1. The SMILES string of the molecule is CCCCCC1CCC(c2ccc(-c3ccc(OC)cc3F)cc2)CC1. The van der Waals surface area contributed by atoms with E-state index in [2.05, 4.69) is 31.2 Å². The largest absolute Gasteiger partial charge is 0.497 e. The van der Waals surface area contributed by atoms with E-state index < -0.39 is 0 Å². The molecule has 1 fully saturated rings. The quantitative estimate of drug-likeness (QED) is 0.472. The Morgan fingerprint density at radius 3 is 2.31 bits per heavy atom. The number of hydrogen-bond acceptors (Lipinski definition) is 1. The molecule has 0 spiro atoms. The third-order valence-corrected chi connectivity index (χ3v) is 5.93. The molecule has 0 bridgehead atoms. The molecular formula is C24H31FO. The molecule has 0 N–H and O–H groups in total. The average molecular weight is 355 g/mol. The molecule has 0 radical (unpaired) electrons. The van der Waals surface area contributed by atoms with Crippen molar-refractivity contribution >= 4 is 0 Å². The van der Waals surface area contributed by atoms with E-state index in [0.29, 0.717) is 17.2 Å². The van der Waals surface area contributed by atoms with Gasteiger partial charge in [-0.2, -0.15) is 0 Å². The topological polar surface area (TPSA) is 9.23 Å². The van der Waals surface area contributed by atoms with Gasteiger partial charge < -0.3 is 4.74 Å². The minimum Gasteiger partial charge on any atom is -0.497 e. The maximum absolute atomic E-state index is 14.3. The summed E-state index contributed by atoms with van der Waals surface area (Å²) in [5.74, 6) is 1.93. The van der Waals surface area contributed by atoms with E-state index in [4.69, 9.17) is 4.74 Å². The Morgan fingerprint density at radius 2 is 1.69 bits per heavy atom. The Kier molecular flexibility index (Phi) is 6.71. The Bertz CT molecular complexity index is 684. The summed E-state index contributed by atoms with van der Waals surface area (Å²) in [6.07, 6.45) is 10.8. The predicted octanol–water partition coefficient (Wildman–Crippen LogP) is 7.36. The third-order valence-electron chi connectivity index (χ3n) is 5.93. The van der Waals surface area contributed by atoms with Crippen molar-refractivity contribution in [2.45, 2.75) is 64.2 Å². The molecule has 0 unspecified atom stereocenters. The van der Waals surface area contributed by atoms with Crippen LogP contribution in [-0.2, 0) is 0 Å². The van der Waals surface area contributed by atoms with Crippen LogP contribution in [0.25, 0.3) is 11.1 Å². The minimum absolute atomic E-state index is 0.232. The van der Waals surface area contributed by atoms with Crippen LogP contribution in [0, 0.1) is 11.7 Å². The Hall–Kier alpha value is -1.83. The highest BCUT2D eigenvalue weighted by atomic mass is 19.1. The summed E-state index contributed by atoms with van der Waals surface area (Å²) < 4.78 is 19.4. The van der Waals surface area contributed by atoms with E-state index in [1.807, 2.05) is 6.07 Å². The molecule has 0 aliphatic heterocycles. The van der Waals surface area contributed by atoms with Crippen LogP contribution in [0.4, 0.5) is 4.39 Å². The van der Waals surface area contributed by atoms with Crippen molar-refractivity contribution in [3.05, 3.63) is 53.8 Å². The van der Waals surface area contributed by atoms with Gasteiger partial charge in [0.15, 0.2) is 0 Å². The number of hydrogen-bond donors (Lipinski definition) is 0. The third kappa shape index (κ3) is 4.66. The van der Waals surface area contributed by atoms with Gasteiger partial charge in [-0.1, -0.05) is 56.9 Å². The minimum atomic E-state index is -0.232. The van der Waals surface area contributed by atoms with Gasteiger partial charge in [0.05, 0.1) is 7.11 Å². The van der Waals surface area contributed by atoms with Gasteiger partial charge in [0, 0.05) is 11.6 Å². The molecule has 1 nitrogen and oxygen atoms in total. The predicted molar refractivity (Wildman–Crippen MR) is 107 cm³/mol. The van der Waals surface area contributed by atoms with E-state index >= 15 is 0 Å². The van der Waals surface area contributed by atoms with Crippen LogP contribution in [-0.4, -0.2) is 7.11 Å². The molecule has 0 atom stereocenters. The Morgan fingerprint density at radius 1 is 0.962 bits per heavy atom.